The first-order chi connectivity index (χ1) is 0. The number of hydrogen-bond donors (Lipinski definition) is 0. The molecule has 0 aliphatic carbocycles. The molecular weight excluding hydrogens is 166 g/mol. The van der Waals surface area contributed by atoms with Crippen LogP contribution in [-0.4, -0.2) is 34.0 Å². The van der Waals surface area contributed by atoms with E-state index in [0.717, 1.165) is 0 Å². The minimum Gasteiger partial charge on any atom is -0.0149 e. The van der Waals surface area contributed by atoms with Crippen molar-refractivity contribution in [3.63, 3.8) is 0 Å². The molecule has 0 atom stereocenters. The molecule has 0 fully saturated rings. The molecule has 1 radical (unpaired) electrons. The molecule has 0 aromatic rings. The zero-order chi connectivity index (χ0) is 0. The molecule has 0 amide bonds. The molecule has 0 N–H and O–H groups in total. The van der Waals surface area contributed by atoms with Gasteiger partial charge in [0.1, 0.15) is 0 Å². The number of rotatable bonds is 0. The summed E-state index contributed by atoms with van der Waals surface area (Å²) in [5.74, 6) is 0. The second kappa shape index (κ2) is 20.0. The summed E-state index contributed by atoms with van der Waals surface area (Å²) < 4.78 is 0. The van der Waals surface area contributed by atoms with Gasteiger partial charge in [-0.3, -0.25) is 0 Å². The van der Waals surface area contributed by atoms with Crippen molar-refractivity contribution in [2.24, 2.45) is 0 Å². The van der Waals surface area contributed by atoms with Crippen molar-refractivity contribution in [1.82, 2.24) is 0 Å². The summed E-state index contributed by atoms with van der Waals surface area (Å²) in [5.41, 5.74) is 0. The zero-order valence-corrected chi connectivity index (χ0v) is 2.86. The molecule has 0 aromatic heterocycles. The smallest absolute Gasteiger partial charge is 0.0149 e. The molecule has 0 aliphatic heterocycles. The Bertz CT molecular complexity index is 8.00. The first-order valence-electron chi connectivity index (χ1n) is 0. The van der Waals surface area contributed by atoms with Gasteiger partial charge in [0, 0.05) is 33.6 Å². The van der Waals surface area contributed by atoms with Crippen LogP contribution in [0.3, 0.4) is 0 Å². The maximum Gasteiger partial charge on any atom is 0.316 e. The van der Waals surface area contributed by atoms with Crippen LogP contribution >= 0.6 is 0 Å². The summed E-state index contributed by atoms with van der Waals surface area (Å²) in [6.45, 7) is 0. The van der Waals surface area contributed by atoms with Gasteiger partial charge >= 0.3 is 23.1 Å². The summed E-state index contributed by atoms with van der Waals surface area (Å²) in [6, 6.07) is 0. The maximum absolute atomic E-state index is 0. The minimum absolute atomic E-state index is 0. The van der Waals surface area contributed by atoms with Gasteiger partial charge < -0.3 is 0 Å². The van der Waals surface area contributed by atoms with Gasteiger partial charge in [-0.15, -0.1) is 0 Å². The molecule has 29 valence electrons. The van der Waals surface area contributed by atoms with Gasteiger partial charge in [-0.05, 0) is 11.0 Å². The van der Waals surface area contributed by atoms with Crippen LogP contribution in [0.25, 0.3) is 0 Å². The van der Waals surface area contributed by atoms with E-state index < -0.39 is 0 Å². The van der Waals surface area contributed by atoms with Crippen molar-refractivity contribution in [2.75, 3.05) is 0 Å². The Balaban J connectivity index is 0. The Kier molecular flexibility index (Phi) is 188. The van der Waals surface area contributed by atoms with E-state index in [1.54, 1.807) is 0 Å². The van der Waals surface area contributed by atoms with E-state index in [0.29, 0.717) is 0 Å². The van der Waals surface area contributed by atoms with Gasteiger partial charge in [-0.25, -0.2) is 0 Å². The van der Waals surface area contributed by atoms with Crippen LogP contribution in [0, 0.1) is 0 Å². The largest absolute Gasteiger partial charge is 0.316 e. The van der Waals surface area contributed by atoms with E-state index in [1.165, 1.54) is 0 Å². The van der Waals surface area contributed by atoms with Crippen LogP contribution in [0.2, 0.25) is 0 Å². The van der Waals surface area contributed by atoms with Crippen LogP contribution in [0.4, 0.5) is 0 Å². The third kappa shape index (κ3) is 9.00. The minimum atomic E-state index is 0. The van der Waals surface area contributed by atoms with Crippen molar-refractivity contribution in [2.45, 2.75) is 0 Å². The molecule has 0 nitrogen and oxygen atoms in total. The van der Waals surface area contributed by atoms with E-state index in [4.69, 9.17) is 0 Å². The molecule has 0 spiro atoms. The van der Waals surface area contributed by atoms with E-state index in [-0.39, 0.29) is 67.6 Å². The Labute approximate surface area is 67.1 Å². The Morgan fingerprint density at radius 2 is 1.00 bits per heavy atom. The first kappa shape index (κ1) is 37.6. The molecule has 0 aliphatic rings. The van der Waals surface area contributed by atoms with Crippen LogP contribution in [0.5, 0.6) is 0 Å². The summed E-state index contributed by atoms with van der Waals surface area (Å²) in [4.78, 5) is 0. The van der Waals surface area contributed by atoms with Gasteiger partial charge in [-0.1, -0.05) is 0 Å². The topological polar surface area (TPSA) is 0 Å². The second-order valence-corrected chi connectivity index (χ2v) is 0. The summed E-state index contributed by atoms with van der Waals surface area (Å²) >= 11 is 0. The van der Waals surface area contributed by atoms with E-state index >= 15 is 0 Å². The third-order valence-corrected chi connectivity index (χ3v) is 0. The second-order valence-electron chi connectivity index (χ2n) is 0. The fourth-order valence-electron chi connectivity index (χ4n) is 0. The van der Waals surface area contributed by atoms with Crippen LogP contribution in [-0.2, 0) is 33.6 Å². The summed E-state index contributed by atoms with van der Waals surface area (Å²) in [6.07, 6.45) is 0. The molecule has 0 saturated carbocycles. The predicted molar refractivity (Wildman–Crippen MR) is 19.9 cm³/mol. The number of hydrogen-bond acceptors (Lipinski definition) is 0. The fraction of sp³-hybridized carbons (Fsp3) is 0. The van der Waals surface area contributed by atoms with E-state index in [1.807, 2.05) is 0 Å². The van der Waals surface area contributed by atoms with Crippen molar-refractivity contribution in [3.8, 4) is 0 Å². The van der Waals surface area contributed by atoms with Gasteiger partial charge in [-0.2, -0.15) is 0 Å². The third-order valence-electron chi connectivity index (χ3n) is 0. The van der Waals surface area contributed by atoms with Crippen molar-refractivity contribution < 1.29 is 33.6 Å². The van der Waals surface area contributed by atoms with Crippen LogP contribution in [0.15, 0.2) is 0 Å². The Hall–Kier alpha value is 2.00. The van der Waals surface area contributed by atoms with E-state index in [9.17, 15) is 0 Å². The summed E-state index contributed by atoms with van der Waals surface area (Å²) in [7, 11) is 0. The van der Waals surface area contributed by atoms with Crippen molar-refractivity contribution >= 4 is 34.0 Å². The average molecular weight is 172 g/mol. The molecule has 0 aromatic carbocycles. The Morgan fingerprint density at radius 3 is 1.00 bits per heavy atom. The van der Waals surface area contributed by atoms with Crippen molar-refractivity contribution in [3.05, 3.63) is 0 Å². The summed E-state index contributed by atoms with van der Waals surface area (Å²) in [5, 5.41) is 0. The fourth-order valence-corrected chi connectivity index (χ4v) is 0. The van der Waals surface area contributed by atoms with Gasteiger partial charge in [0.05, 0.1) is 0 Å². The van der Waals surface area contributed by atoms with Crippen LogP contribution in [0.1, 0.15) is 0 Å². The molecule has 0 heterocycles. The van der Waals surface area contributed by atoms with Gasteiger partial charge in [0.25, 0.3) is 0 Å². The molecule has 4 heavy (non-hydrogen) atoms. The molecule has 0 rings (SSSR count). The van der Waals surface area contributed by atoms with Gasteiger partial charge in [0.2, 0.25) is 0 Å². The van der Waals surface area contributed by atoms with Crippen LogP contribution < -0.4 is 0 Å². The molecule has 0 unspecified atom stereocenters. The SMILES string of the molecule is [MgH2].[Mn].[Ni].[SiH4]. The monoisotopic (exact) mass is 171 g/mol. The molecule has 0 bridgehead atoms. The molecule has 4 heteroatoms. The molecular formula is H6MgMnNiSi. The quantitative estimate of drug-likeness (QED) is 0.358. The predicted octanol–water partition coefficient (Wildman–Crippen LogP) is -2.37. The maximum atomic E-state index is 0. The zero-order valence-electron chi connectivity index (χ0n) is 0.694. The standard InChI is InChI=1S/Mg.Mn.Ni.H4Si.2H/h;;;1H4;;. The average Bonchev–Trinajstić information content (AvgIpc) is 0. The Morgan fingerprint density at radius 1 is 1.00 bits per heavy atom. The normalized spacial score (nSPS) is 0. The first-order valence-corrected chi connectivity index (χ1v) is 0. The van der Waals surface area contributed by atoms with Gasteiger partial charge in [0.15, 0.2) is 0 Å². The molecule has 0 saturated heterocycles. The van der Waals surface area contributed by atoms with Crippen molar-refractivity contribution in [1.29, 1.82) is 0 Å². The van der Waals surface area contributed by atoms with E-state index in [2.05, 4.69) is 0 Å².